The molecule has 1 rings (SSSR count). The van der Waals surface area contributed by atoms with Gasteiger partial charge in [-0.15, -0.1) is 0 Å². The minimum atomic E-state index is -0.391. The van der Waals surface area contributed by atoms with Gasteiger partial charge in [-0.25, -0.2) is 4.79 Å². The number of carbonyl (C=O) groups is 3. The highest BCUT2D eigenvalue weighted by atomic mass is 16.5. The van der Waals surface area contributed by atoms with Crippen molar-refractivity contribution in [2.45, 2.75) is 19.8 Å². The van der Waals surface area contributed by atoms with E-state index >= 15 is 0 Å². The molecule has 114 valence electrons. The average molecular weight is 293 g/mol. The fourth-order valence-electron chi connectivity index (χ4n) is 1.50. The highest BCUT2D eigenvalue weighted by Crippen LogP contribution is 2.13. The number of carbonyl (C=O) groups excluding carboxylic acids is 3. The Hall–Kier alpha value is -2.57. The third-order valence-corrected chi connectivity index (χ3v) is 2.52. The number of ether oxygens (including phenoxy) is 1. The minimum absolute atomic E-state index is 0.0516. The van der Waals surface area contributed by atoms with E-state index in [0.717, 1.165) is 0 Å². The summed E-state index contributed by atoms with van der Waals surface area (Å²) in [4.78, 5) is 33.9. The van der Waals surface area contributed by atoms with Crippen LogP contribution in [0.5, 0.6) is 0 Å². The SMILES string of the molecule is CCOC(=O)CCC(=O)Nc1ccc(NC(=O)NC)cc1. The molecule has 0 saturated heterocycles. The zero-order valence-electron chi connectivity index (χ0n) is 12.1. The first kappa shape index (κ1) is 16.5. The van der Waals surface area contributed by atoms with Gasteiger partial charge in [-0.05, 0) is 31.2 Å². The first-order valence-corrected chi connectivity index (χ1v) is 6.59. The van der Waals surface area contributed by atoms with Crippen LogP contribution >= 0.6 is 0 Å². The summed E-state index contributed by atoms with van der Waals surface area (Å²) in [6.07, 6.45) is 0.118. The summed E-state index contributed by atoms with van der Waals surface area (Å²) in [6, 6.07) is 6.33. The van der Waals surface area contributed by atoms with E-state index in [1.54, 1.807) is 31.2 Å². The van der Waals surface area contributed by atoms with Crippen molar-refractivity contribution in [3.05, 3.63) is 24.3 Å². The lowest BCUT2D eigenvalue weighted by atomic mass is 10.2. The van der Waals surface area contributed by atoms with Gasteiger partial charge in [0.25, 0.3) is 0 Å². The summed E-state index contributed by atoms with van der Waals surface area (Å²) in [5.41, 5.74) is 1.20. The first-order chi connectivity index (χ1) is 10.0. The van der Waals surface area contributed by atoms with Crippen molar-refractivity contribution in [2.24, 2.45) is 0 Å². The van der Waals surface area contributed by atoms with Gasteiger partial charge < -0.3 is 20.7 Å². The second-order valence-electron chi connectivity index (χ2n) is 4.13. The number of benzene rings is 1. The van der Waals surface area contributed by atoms with E-state index in [0.29, 0.717) is 18.0 Å². The molecule has 0 unspecified atom stereocenters. The van der Waals surface area contributed by atoms with Crippen molar-refractivity contribution in [1.29, 1.82) is 0 Å². The maximum atomic E-state index is 11.6. The van der Waals surface area contributed by atoms with Gasteiger partial charge >= 0.3 is 12.0 Å². The van der Waals surface area contributed by atoms with Gasteiger partial charge in [-0.1, -0.05) is 0 Å². The van der Waals surface area contributed by atoms with Gasteiger partial charge in [0.05, 0.1) is 13.0 Å². The fraction of sp³-hybridized carbons (Fsp3) is 0.357. The Bertz CT molecular complexity index is 499. The molecular formula is C14H19N3O4. The van der Waals surface area contributed by atoms with E-state index in [1.807, 2.05) is 0 Å². The Morgan fingerprint density at radius 2 is 1.57 bits per heavy atom. The lowest BCUT2D eigenvalue weighted by Gasteiger charge is -2.07. The van der Waals surface area contributed by atoms with Gasteiger partial charge in [0.1, 0.15) is 0 Å². The van der Waals surface area contributed by atoms with Crippen molar-refractivity contribution in [1.82, 2.24) is 5.32 Å². The van der Waals surface area contributed by atoms with Crippen molar-refractivity contribution >= 4 is 29.3 Å². The van der Waals surface area contributed by atoms with E-state index in [1.165, 1.54) is 7.05 Å². The molecule has 0 aliphatic rings. The molecule has 0 atom stereocenters. The van der Waals surface area contributed by atoms with Crippen LogP contribution in [0.2, 0.25) is 0 Å². The molecule has 7 heteroatoms. The predicted molar refractivity (Wildman–Crippen MR) is 79.0 cm³/mol. The van der Waals surface area contributed by atoms with Crippen LogP contribution < -0.4 is 16.0 Å². The molecule has 0 radical (unpaired) electrons. The van der Waals surface area contributed by atoms with Crippen molar-refractivity contribution in [3.63, 3.8) is 0 Å². The van der Waals surface area contributed by atoms with E-state index < -0.39 is 5.97 Å². The third kappa shape index (κ3) is 6.42. The molecule has 0 aromatic heterocycles. The Kier molecular flexibility index (Phi) is 6.73. The van der Waals surface area contributed by atoms with E-state index in [2.05, 4.69) is 16.0 Å². The number of rotatable bonds is 6. The summed E-state index contributed by atoms with van der Waals surface area (Å²) in [6.45, 7) is 2.02. The fourth-order valence-corrected chi connectivity index (χ4v) is 1.50. The van der Waals surface area contributed by atoms with Gasteiger partial charge in [-0.2, -0.15) is 0 Å². The van der Waals surface area contributed by atoms with Crippen LogP contribution in [0.25, 0.3) is 0 Å². The smallest absolute Gasteiger partial charge is 0.318 e. The van der Waals surface area contributed by atoms with Crippen LogP contribution in [-0.2, 0) is 14.3 Å². The van der Waals surface area contributed by atoms with E-state index in [4.69, 9.17) is 4.74 Å². The number of urea groups is 1. The summed E-state index contributed by atoms with van der Waals surface area (Å²) < 4.78 is 4.74. The molecule has 1 aromatic rings. The summed E-state index contributed by atoms with van der Waals surface area (Å²) in [5.74, 6) is -0.659. The van der Waals surface area contributed by atoms with Gasteiger partial charge in [-0.3, -0.25) is 9.59 Å². The molecule has 1 aromatic carbocycles. The molecule has 21 heavy (non-hydrogen) atoms. The number of nitrogens with one attached hydrogen (secondary N) is 3. The molecule has 0 aliphatic heterocycles. The molecule has 0 spiro atoms. The van der Waals surface area contributed by atoms with Gasteiger partial charge in [0, 0.05) is 24.8 Å². The third-order valence-electron chi connectivity index (χ3n) is 2.52. The van der Waals surface area contributed by atoms with Crippen molar-refractivity contribution in [3.8, 4) is 0 Å². The van der Waals surface area contributed by atoms with Crippen LogP contribution in [0.1, 0.15) is 19.8 Å². The Balaban J connectivity index is 2.42. The zero-order chi connectivity index (χ0) is 15.7. The summed E-state index contributed by atoms with van der Waals surface area (Å²) in [7, 11) is 1.52. The lowest BCUT2D eigenvalue weighted by molar-refractivity contribution is -0.144. The number of hydrogen-bond acceptors (Lipinski definition) is 4. The maximum Gasteiger partial charge on any atom is 0.318 e. The van der Waals surface area contributed by atoms with Crippen molar-refractivity contribution in [2.75, 3.05) is 24.3 Å². The Morgan fingerprint density at radius 1 is 1.00 bits per heavy atom. The maximum absolute atomic E-state index is 11.6. The monoisotopic (exact) mass is 293 g/mol. The topological polar surface area (TPSA) is 96.5 Å². The highest BCUT2D eigenvalue weighted by Gasteiger charge is 2.08. The number of amides is 3. The Labute approximate surface area is 123 Å². The Morgan fingerprint density at radius 3 is 2.10 bits per heavy atom. The lowest BCUT2D eigenvalue weighted by Crippen LogP contribution is -2.24. The normalized spacial score (nSPS) is 9.62. The summed E-state index contributed by atoms with van der Waals surface area (Å²) >= 11 is 0. The standard InChI is InChI=1S/C14H19N3O4/c1-3-21-13(19)9-8-12(18)16-10-4-6-11(7-5-10)17-14(20)15-2/h4-7H,3,8-9H2,1-2H3,(H,16,18)(H2,15,17,20). The minimum Gasteiger partial charge on any atom is -0.466 e. The molecule has 0 bridgehead atoms. The van der Waals surface area contributed by atoms with Gasteiger partial charge in [0.15, 0.2) is 0 Å². The molecule has 0 aliphatic carbocycles. The average Bonchev–Trinajstić information content (AvgIpc) is 2.47. The van der Waals surface area contributed by atoms with Crippen LogP contribution in [-0.4, -0.2) is 31.6 Å². The van der Waals surface area contributed by atoms with Crippen LogP contribution in [0.15, 0.2) is 24.3 Å². The van der Waals surface area contributed by atoms with Crippen LogP contribution in [0.3, 0.4) is 0 Å². The largest absolute Gasteiger partial charge is 0.466 e. The second kappa shape index (κ2) is 8.57. The number of anilines is 2. The van der Waals surface area contributed by atoms with Crippen molar-refractivity contribution < 1.29 is 19.1 Å². The van der Waals surface area contributed by atoms with Crippen LogP contribution in [0, 0.1) is 0 Å². The highest BCUT2D eigenvalue weighted by molar-refractivity contribution is 5.93. The first-order valence-electron chi connectivity index (χ1n) is 6.59. The molecule has 0 heterocycles. The number of hydrogen-bond donors (Lipinski definition) is 3. The molecule has 3 N–H and O–H groups in total. The quantitative estimate of drug-likeness (QED) is 0.696. The summed E-state index contributed by atoms with van der Waals surface area (Å²) in [5, 5.41) is 7.70. The van der Waals surface area contributed by atoms with E-state index in [9.17, 15) is 14.4 Å². The second-order valence-corrected chi connectivity index (χ2v) is 4.13. The molecule has 7 nitrogen and oxygen atoms in total. The molecular weight excluding hydrogens is 274 g/mol. The van der Waals surface area contributed by atoms with E-state index in [-0.39, 0.29) is 24.8 Å². The molecule has 0 fully saturated rings. The zero-order valence-corrected chi connectivity index (χ0v) is 12.1. The van der Waals surface area contributed by atoms with Gasteiger partial charge in [0.2, 0.25) is 5.91 Å². The molecule has 0 saturated carbocycles. The predicted octanol–water partition coefficient (Wildman–Crippen LogP) is 1.72. The number of esters is 1. The molecule has 3 amide bonds. The van der Waals surface area contributed by atoms with Crippen LogP contribution in [0.4, 0.5) is 16.2 Å².